The number of rotatable bonds is 2. The number of fused-ring (bicyclic) bond motifs is 2. The summed E-state index contributed by atoms with van der Waals surface area (Å²) in [6.45, 7) is 5.30. The van der Waals surface area contributed by atoms with Crippen molar-refractivity contribution < 1.29 is 23.8 Å². The van der Waals surface area contributed by atoms with E-state index in [1.54, 1.807) is 26.0 Å². The fraction of sp³-hybridized carbons (Fsp3) is 0.652. The number of ether oxygens (including phenoxy) is 3. The Labute approximate surface area is 177 Å². The van der Waals surface area contributed by atoms with Gasteiger partial charge in [-0.05, 0) is 51.5 Å². The van der Waals surface area contributed by atoms with E-state index in [1.807, 2.05) is 19.1 Å². The van der Waals surface area contributed by atoms with Gasteiger partial charge >= 0.3 is 0 Å². The van der Waals surface area contributed by atoms with Gasteiger partial charge in [0.1, 0.15) is 0 Å². The average molecular weight is 415 g/mol. The molecule has 7 heteroatoms. The molecule has 0 aromatic heterocycles. The predicted octanol–water partition coefficient (Wildman–Crippen LogP) is 2.00. The highest BCUT2D eigenvalue weighted by Gasteiger charge is 2.70. The maximum atomic E-state index is 14.3. The number of carbonyl (C=O) groups excluding carboxylic acids is 2. The lowest BCUT2D eigenvalue weighted by atomic mass is 9.57. The number of benzene rings is 1. The van der Waals surface area contributed by atoms with Crippen molar-refractivity contribution in [1.82, 2.24) is 4.90 Å². The number of hydrogen-bond acceptors (Lipinski definition) is 6. The van der Waals surface area contributed by atoms with Gasteiger partial charge in [0, 0.05) is 12.8 Å². The molecule has 1 aromatic rings. The Balaban J connectivity index is 1.83. The topological polar surface area (TPSA) is 68.3 Å². The van der Waals surface area contributed by atoms with Crippen molar-refractivity contribution in [3.05, 3.63) is 17.7 Å². The SMILES string of the molecule is COc1ccc2c(c1OC)N(C(C)=O)C1C3OC(C)C4C(=O)C21CCN(C)CCC34. The molecule has 4 aliphatic rings. The van der Waals surface area contributed by atoms with Gasteiger partial charge in [-0.3, -0.25) is 9.59 Å². The number of Topliss-reactive ketones (excluding diaryl/α,β-unsaturated/α-hetero) is 1. The minimum absolute atomic E-state index is 0.101. The monoisotopic (exact) mass is 414 g/mol. The Bertz CT molecular complexity index is 917. The van der Waals surface area contributed by atoms with Crippen LogP contribution in [0.15, 0.2) is 12.1 Å². The molecule has 2 saturated heterocycles. The Morgan fingerprint density at radius 2 is 2.00 bits per heavy atom. The van der Waals surface area contributed by atoms with Crippen LogP contribution in [0.2, 0.25) is 0 Å². The number of hydrogen-bond donors (Lipinski definition) is 0. The molecule has 4 bridgehead atoms. The Morgan fingerprint density at radius 3 is 2.67 bits per heavy atom. The zero-order chi connectivity index (χ0) is 21.4. The van der Waals surface area contributed by atoms with E-state index in [2.05, 4.69) is 11.9 Å². The fourth-order valence-corrected chi connectivity index (χ4v) is 6.69. The number of methoxy groups -OCH3 is 2. The number of ketones is 1. The van der Waals surface area contributed by atoms with Crippen LogP contribution in [0, 0.1) is 11.8 Å². The van der Waals surface area contributed by atoms with Crippen LogP contribution in [0.1, 0.15) is 32.3 Å². The second-order valence-electron chi connectivity index (χ2n) is 9.20. The Kier molecular flexibility index (Phi) is 4.42. The largest absolute Gasteiger partial charge is 0.493 e. The highest BCUT2D eigenvalue weighted by molar-refractivity contribution is 6.07. The molecule has 1 aromatic carbocycles. The van der Waals surface area contributed by atoms with E-state index in [-0.39, 0.29) is 41.8 Å². The third kappa shape index (κ3) is 2.28. The third-order valence-corrected chi connectivity index (χ3v) is 7.91. The Hall–Kier alpha value is -2.12. The van der Waals surface area contributed by atoms with Gasteiger partial charge in [0.15, 0.2) is 17.3 Å². The number of nitrogens with zero attached hydrogens (tertiary/aromatic N) is 2. The van der Waals surface area contributed by atoms with Crippen molar-refractivity contribution in [3.8, 4) is 11.5 Å². The van der Waals surface area contributed by atoms with Crippen molar-refractivity contribution in [1.29, 1.82) is 0 Å². The normalized spacial score (nSPS) is 37.3. The van der Waals surface area contributed by atoms with Gasteiger partial charge in [-0.25, -0.2) is 0 Å². The molecule has 3 aliphatic heterocycles. The molecular weight excluding hydrogens is 384 g/mol. The maximum absolute atomic E-state index is 14.3. The van der Waals surface area contributed by atoms with Crippen molar-refractivity contribution in [2.45, 2.75) is 50.4 Å². The van der Waals surface area contributed by atoms with Gasteiger partial charge in [-0.1, -0.05) is 6.07 Å². The lowest BCUT2D eigenvalue weighted by Crippen LogP contribution is -2.63. The van der Waals surface area contributed by atoms with Gasteiger partial charge in [0.05, 0.1) is 49.5 Å². The van der Waals surface area contributed by atoms with Crippen LogP contribution in [0.25, 0.3) is 0 Å². The van der Waals surface area contributed by atoms with Crippen molar-refractivity contribution in [2.75, 3.05) is 39.3 Å². The zero-order valence-electron chi connectivity index (χ0n) is 18.3. The van der Waals surface area contributed by atoms with Crippen LogP contribution in [-0.4, -0.2) is 69.2 Å². The summed E-state index contributed by atoms with van der Waals surface area (Å²) in [5.74, 6) is 1.18. The summed E-state index contributed by atoms with van der Waals surface area (Å²) in [6.07, 6.45) is 1.27. The predicted molar refractivity (Wildman–Crippen MR) is 111 cm³/mol. The average Bonchev–Trinajstić information content (AvgIpc) is 3.20. The first-order valence-corrected chi connectivity index (χ1v) is 10.8. The Morgan fingerprint density at radius 1 is 1.23 bits per heavy atom. The third-order valence-electron chi connectivity index (χ3n) is 7.91. The van der Waals surface area contributed by atoms with E-state index in [4.69, 9.17) is 14.2 Å². The van der Waals surface area contributed by atoms with E-state index >= 15 is 0 Å². The van der Waals surface area contributed by atoms with E-state index in [0.717, 1.165) is 25.1 Å². The summed E-state index contributed by atoms with van der Waals surface area (Å²) in [5, 5.41) is 0. The standard InChI is InChI=1S/C23H30N2O5/c1-12-17-14-8-10-24(3)11-9-23(22(17)27)15-6-7-16(28-4)20(29-5)18(15)25(13(2)26)21(23)19(14)30-12/h6-7,12,14,17,19,21H,8-11H2,1-5H3. The van der Waals surface area contributed by atoms with Crippen LogP contribution in [0.4, 0.5) is 5.69 Å². The van der Waals surface area contributed by atoms with Crippen LogP contribution in [0.3, 0.4) is 0 Å². The van der Waals surface area contributed by atoms with Crippen LogP contribution >= 0.6 is 0 Å². The van der Waals surface area contributed by atoms with E-state index in [9.17, 15) is 9.59 Å². The molecule has 162 valence electrons. The number of anilines is 1. The smallest absolute Gasteiger partial charge is 0.224 e. The summed E-state index contributed by atoms with van der Waals surface area (Å²) in [5.41, 5.74) is 0.774. The molecule has 1 aliphatic carbocycles. The molecular formula is C23H30N2O5. The molecule has 6 unspecified atom stereocenters. The first-order chi connectivity index (χ1) is 14.4. The minimum Gasteiger partial charge on any atom is -0.493 e. The fourth-order valence-electron chi connectivity index (χ4n) is 6.69. The summed E-state index contributed by atoms with van der Waals surface area (Å²) in [4.78, 5) is 31.4. The van der Waals surface area contributed by atoms with Crippen molar-refractivity contribution in [3.63, 3.8) is 0 Å². The van der Waals surface area contributed by atoms with Crippen molar-refractivity contribution in [2.24, 2.45) is 11.8 Å². The number of carbonyl (C=O) groups is 2. The van der Waals surface area contributed by atoms with E-state index < -0.39 is 5.41 Å². The second kappa shape index (κ2) is 6.69. The lowest BCUT2D eigenvalue weighted by molar-refractivity contribution is -0.134. The van der Waals surface area contributed by atoms with Crippen LogP contribution in [0.5, 0.6) is 11.5 Å². The molecule has 1 saturated carbocycles. The van der Waals surface area contributed by atoms with Gasteiger partial charge in [-0.2, -0.15) is 0 Å². The molecule has 0 radical (unpaired) electrons. The van der Waals surface area contributed by atoms with Gasteiger partial charge in [0.25, 0.3) is 0 Å². The first-order valence-electron chi connectivity index (χ1n) is 10.8. The summed E-state index contributed by atoms with van der Waals surface area (Å²) < 4.78 is 17.7. The molecule has 3 heterocycles. The van der Waals surface area contributed by atoms with Crippen molar-refractivity contribution >= 4 is 17.4 Å². The van der Waals surface area contributed by atoms with E-state index in [0.29, 0.717) is 23.6 Å². The quantitative estimate of drug-likeness (QED) is 0.738. The molecule has 3 fully saturated rings. The molecule has 1 amide bonds. The summed E-state index contributed by atoms with van der Waals surface area (Å²) >= 11 is 0. The lowest BCUT2D eigenvalue weighted by Gasteiger charge is -2.46. The maximum Gasteiger partial charge on any atom is 0.224 e. The molecule has 6 atom stereocenters. The summed E-state index contributed by atoms with van der Waals surface area (Å²) in [6, 6.07) is 3.47. The molecule has 7 nitrogen and oxygen atoms in total. The minimum atomic E-state index is -0.782. The first kappa shape index (κ1) is 19.8. The highest BCUT2D eigenvalue weighted by atomic mass is 16.5. The molecule has 5 rings (SSSR count). The van der Waals surface area contributed by atoms with Crippen LogP contribution < -0.4 is 14.4 Å². The van der Waals surface area contributed by atoms with Gasteiger partial charge in [0.2, 0.25) is 5.91 Å². The zero-order valence-corrected chi connectivity index (χ0v) is 18.3. The van der Waals surface area contributed by atoms with Gasteiger partial charge < -0.3 is 24.0 Å². The van der Waals surface area contributed by atoms with Crippen LogP contribution in [-0.2, 0) is 19.7 Å². The summed E-state index contributed by atoms with van der Waals surface area (Å²) in [7, 11) is 5.28. The highest BCUT2D eigenvalue weighted by Crippen LogP contribution is 2.62. The molecule has 30 heavy (non-hydrogen) atoms. The van der Waals surface area contributed by atoms with E-state index in [1.165, 1.54) is 0 Å². The molecule has 1 spiro atoms. The molecule has 0 N–H and O–H groups in total. The number of amides is 1. The van der Waals surface area contributed by atoms with Gasteiger partial charge in [-0.15, -0.1) is 0 Å². The second-order valence-corrected chi connectivity index (χ2v) is 9.20.